The molecular weight excluding hydrogens is 298 g/mol. The normalized spacial score (nSPS) is 26.7. The first-order valence-electron chi connectivity index (χ1n) is 7.76. The molecule has 6 nitrogen and oxygen atoms in total. The van der Waals surface area contributed by atoms with E-state index in [9.17, 15) is 14.4 Å². The van der Waals surface area contributed by atoms with Gasteiger partial charge >= 0.3 is 12.1 Å². The number of carboxylic acid groups (broad SMARTS) is 1. The van der Waals surface area contributed by atoms with Crippen LogP contribution in [0.1, 0.15) is 18.4 Å². The second-order valence-corrected chi connectivity index (χ2v) is 6.25. The highest BCUT2D eigenvalue weighted by Crippen LogP contribution is 2.35. The van der Waals surface area contributed by atoms with Crippen molar-refractivity contribution in [1.29, 1.82) is 0 Å². The molecule has 23 heavy (non-hydrogen) atoms. The first kappa shape index (κ1) is 15.5. The van der Waals surface area contributed by atoms with Gasteiger partial charge in [-0.3, -0.25) is 9.59 Å². The summed E-state index contributed by atoms with van der Waals surface area (Å²) in [5.41, 5.74) is 0.903. The summed E-state index contributed by atoms with van der Waals surface area (Å²) < 4.78 is 5.30. The van der Waals surface area contributed by atoms with Gasteiger partial charge in [0.2, 0.25) is 0 Å². The molecule has 6 heteroatoms. The smallest absolute Gasteiger partial charge is 0.410 e. The van der Waals surface area contributed by atoms with E-state index in [0.29, 0.717) is 12.8 Å². The lowest BCUT2D eigenvalue weighted by atomic mass is 9.71. The van der Waals surface area contributed by atoms with Crippen molar-refractivity contribution >= 4 is 17.8 Å². The zero-order valence-corrected chi connectivity index (χ0v) is 12.7. The highest BCUT2D eigenvalue weighted by molar-refractivity contribution is 5.88. The van der Waals surface area contributed by atoms with Crippen LogP contribution in [0.2, 0.25) is 0 Å². The fourth-order valence-electron chi connectivity index (χ4n) is 3.45. The average molecular weight is 317 g/mol. The topological polar surface area (TPSA) is 83.9 Å². The third kappa shape index (κ3) is 3.36. The van der Waals surface area contributed by atoms with Crippen LogP contribution in [-0.2, 0) is 20.9 Å². The number of ketones is 1. The van der Waals surface area contributed by atoms with E-state index >= 15 is 0 Å². The number of carbonyl (C=O) groups excluding carboxylic acids is 2. The molecule has 0 spiro atoms. The Morgan fingerprint density at radius 2 is 1.74 bits per heavy atom. The summed E-state index contributed by atoms with van der Waals surface area (Å²) >= 11 is 0. The summed E-state index contributed by atoms with van der Waals surface area (Å²) in [5.74, 6) is -2.01. The van der Waals surface area contributed by atoms with Gasteiger partial charge in [-0.05, 0) is 18.4 Å². The van der Waals surface area contributed by atoms with Gasteiger partial charge < -0.3 is 14.7 Å². The third-order valence-corrected chi connectivity index (χ3v) is 4.64. The summed E-state index contributed by atoms with van der Waals surface area (Å²) in [5, 5.41) is 9.15. The molecule has 1 heterocycles. The summed E-state index contributed by atoms with van der Waals surface area (Å²) in [6.07, 6.45) is 0.186. The van der Waals surface area contributed by atoms with Gasteiger partial charge in [0.1, 0.15) is 12.4 Å². The van der Waals surface area contributed by atoms with Crippen LogP contribution >= 0.6 is 0 Å². The summed E-state index contributed by atoms with van der Waals surface area (Å²) in [6, 6.07) is 9.39. The SMILES string of the molecule is O=C(O)C1CC2CN(C(=O)OCc3ccccc3)CC(C1)C2=O. The summed E-state index contributed by atoms with van der Waals surface area (Å²) in [7, 11) is 0. The largest absolute Gasteiger partial charge is 0.481 e. The van der Waals surface area contributed by atoms with E-state index in [1.54, 1.807) is 0 Å². The van der Waals surface area contributed by atoms with Gasteiger partial charge in [-0.2, -0.15) is 0 Å². The molecule has 1 aliphatic heterocycles. The maximum Gasteiger partial charge on any atom is 0.410 e. The van der Waals surface area contributed by atoms with Crippen LogP contribution in [0.4, 0.5) is 4.79 Å². The molecule has 1 aromatic rings. The lowest BCUT2D eigenvalue weighted by molar-refractivity contribution is -0.148. The Bertz CT molecular complexity index is 597. The molecule has 122 valence electrons. The number of rotatable bonds is 3. The minimum Gasteiger partial charge on any atom is -0.481 e. The van der Waals surface area contributed by atoms with Crippen molar-refractivity contribution < 1.29 is 24.2 Å². The van der Waals surface area contributed by atoms with Crippen LogP contribution < -0.4 is 0 Å². The molecular formula is C17H19NO5. The Balaban J connectivity index is 1.59. The van der Waals surface area contributed by atoms with E-state index in [2.05, 4.69) is 0 Å². The number of hydrogen-bond acceptors (Lipinski definition) is 4. The molecule has 3 rings (SSSR count). The van der Waals surface area contributed by atoms with Gasteiger partial charge in [-0.15, -0.1) is 0 Å². The molecule has 2 bridgehead atoms. The number of likely N-dealkylation sites (tertiary alicyclic amines) is 1. The molecule has 1 N–H and O–H groups in total. The van der Waals surface area contributed by atoms with Crippen LogP contribution in [0, 0.1) is 17.8 Å². The van der Waals surface area contributed by atoms with Crippen LogP contribution in [-0.4, -0.2) is 40.9 Å². The predicted octanol–water partition coefficient (Wildman–Crippen LogP) is 1.93. The monoisotopic (exact) mass is 317 g/mol. The number of carboxylic acids is 1. The van der Waals surface area contributed by atoms with Crippen molar-refractivity contribution in [3.8, 4) is 0 Å². The van der Waals surface area contributed by atoms with Gasteiger partial charge in [0.25, 0.3) is 0 Å². The number of carbonyl (C=O) groups is 3. The minimum absolute atomic E-state index is 0.0922. The number of hydrogen-bond donors (Lipinski definition) is 1. The summed E-state index contributed by atoms with van der Waals surface area (Å²) in [4.78, 5) is 37.0. The van der Waals surface area contributed by atoms with Gasteiger partial charge in [-0.25, -0.2) is 4.79 Å². The van der Waals surface area contributed by atoms with E-state index < -0.39 is 18.0 Å². The maximum atomic E-state index is 12.2. The molecule has 1 aliphatic carbocycles. The second-order valence-electron chi connectivity index (χ2n) is 6.25. The number of piperidine rings is 1. The van der Waals surface area contributed by atoms with Crippen LogP contribution in [0.15, 0.2) is 30.3 Å². The van der Waals surface area contributed by atoms with E-state index in [4.69, 9.17) is 9.84 Å². The summed E-state index contributed by atoms with van der Waals surface area (Å²) in [6.45, 7) is 0.705. The van der Waals surface area contributed by atoms with Crippen molar-refractivity contribution in [1.82, 2.24) is 4.90 Å². The first-order valence-corrected chi connectivity index (χ1v) is 7.76. The van der Waals surface area contributed by atoms with E-state index in [-0.39, 0.29) is 37.3 Å². The Morgan fingerprint density at radius 3 is 2.30 bits per heavy atom. The van der Waals surface area contributed by atoms with Gasteiger partial charge in [0.05, 0.1) is 5.92 Å². The number of benzene rings is 1. The highest BCUT2D eigenvalue weighted by atomic mass is 16.6. The zero-order chi connectivity index (χ0) is 16.4. The second kappa shape index (κ2) is 6.40. The highest BCUT2D eigenvalue weighted by Gasteiger charge is 2.45. The Morgan fingerprint density at radius 1 is 1.13 bits per heavy atom. The molecule has 2 fully saturated rings. The predicted molar refractivity (Wildman–Crippen MR) is 80.5 cm³/mol. The van der Waals surface area contributed by atoms with E-state index in [1.165, 1.54) is 4.90 Å². The number of ether oxygens (including phenoxy) is 1. The Kier molecular flexibility index (Phi) is 4.32. The van der Waals surface area contributed by atoms with Crippen molar-refractivity contribution in [2.75, 3.05) is 13.1 Å². The number of nitrogens with zero attached hydrogens (tertiary/aromatic N) is 1. The molecule has 2 atom stereocenters. The quantitative estimate of drug-likeness (QED) is 0.921. The van der Waals surface area contributed by atoms with Crippen molar-refractivity contribution in [3.63, 3.8) is 0 Å². The van der Waals surface area contributed by atoms with Crippen LogP contribution in [0.25, 0.3) is 0 Å². The lowest BCUT2D eigenvalue weighted by Gasteiger charge is -2.41. The minimum atomic E-state index is -0.854. The molecule has 2 aliphatic rings. The molecule has 1 saturated heterocycles. The van der Waals surface area contributed by atoms with Gasteiger partial charge in [0, 0.05) is 24.9 Å². The Labute approximate surface area is 134 Å². The Hall–Kier alpha value is -2.37. The number of aliphatic carboxylic acids is 1. The van der Waals surface area contributed by atoms with Crippen LogP contribution in [0.5, 0.6) is 0 Å². The van der Waals surface area contributed by atoms with E-state index in [1.807, 2.05) is 30.3 Å². The molecule has 1 amide bonds. The average Bonchev–Trinajstić information content (AvgIpc) is 2.53. The molecule has 0 aromatic heterocycles. The van der Waals surface area contributed by atoms with Crippen molar-refractivity contribution in [2.24, 2.45) is 17.8 Å². The van der Waals surface area contributed by atoms with Crippen LogP contribution in [0.3, 0.4) is 0 Å². The standard InChI is InChI=1S/C17H19NO5/c19-15-13-6-12(16(20)21)7-14(15)9-18(8-13)17(22)23-10-11-4-2-1-3-5-11/h1-5,12-14H,6-10H2,(H,20,21). The van der Waals surface area contributed by atoms with Crippen molar-refractivity contribution in [2.45, 2.75) is 19.4 Å². The molecule has 1 saturated carbocycles. The first-order chi connectivity index (χ1) is 11.0. The van der Waals surface area contributed by atoms with E-state index in [0.717, 1.165) is 5.56 Å². The maximum absolute atomic E-state index is 12.2. The van der Waals surface area contributed by atoms with Gasteiger partial charge in [0.15, 0.2) is 0 Å². The fourth-order valence-corrected chi connectivity index (χ4v) is 3.45. The molecule has 1 aromatic carbocycles. The zero-order valence-electron chi connectivity index (χ0n) is 12.7. The van der Waals surface area contributed by atoms with Crippen molar-refractivity contribution in [3.05, 3.63) is 35.9 Å². The lowest BCUT2D eigenvalue weighted by Crippen LogP contribution is -2.53. The number of amides is 1. The fraction of sp³-hybridized carbons (Fsp3) is 0.471. The molecule has 2 unspecified atom stereocenters. The number of fused-ring (bicyclic) bond motifs is 2. The third-order valence-electron chi connectivity index (χ3n) is 4.64. The number of Topliss-reactive ketones (excluding diaryl/α,β-unsaturated/α-hetero) is 1. The van der Waals surface area contributed by atoms with Gasteiger partial charge in [-0.1, -0.05) is 30.3 Å². The molecule has 0 radical (unpaired) electrons.